The predicted molar refractivity (Wildman–Crippen MR) is 59.0 cm³/mol. The van der Waals surface area contributed by atoms with Crippen LogP contribution in [-0.2, 0) is 4.79 Å². The Balaban J connectivity index is 2.45. The Morgan fingerprint density at radius 1 is 1.47 bits per heavy atom. The Morgan fingerprint density at radius 3 is 2.47 bits per heavy atom. The van der Waals surface area contributed by atoms with Gasteiger partial charge in [-0.25, -0.2) is 0 Å². The number of carbonyl (C=O) groups excluding carboxylic acids is 1. The molecule has 0 spiro atoms. The third-order valence-electron chi connectivity index (χ3n) is 3.03. The largest absolute Gasteiger partial charge is 0.343 e. The van der Waals surface area contributed by atoms with E-state index in [9.17, 15) is 4.79 Å². The number of rotatable bonds is 2. The van der Waals surface area contributed by atoms with Crippen molar-refractivity contribution in [3.05, 3.63) is 0 Å². The first-order valence-electron chi connectivity index (χ1n) is 5.63. The summed E-state index contributed by atoms with van der Waals surface area (Å²) in [6.07, 6.45) is 2.54. The Labute approximate surface area is 92.1 Å². The summed E-state index contributed by atoms with van der Waals surface area (Å²) < 4.78 is 0. The Kier molecular flexibility index (Phi) is 3.73. The summed E-state index contributed by atoms with van der Waals surface area (Å²) in [4.78, 5) is 13.8. The van der Waals surface area contributed by atoms with E-state index in [0.29, 0.717) is 6.42 Å². The minimum atomic E-state index is -0.528. The summed E-state index contributed by atoms with van der Waals surface area (Å²) in [7, 11) is 0. The van der Waals surface area contributed by atoms with E-state index in [1.54, 1.807) is 0 Å². The number of hydrogen-bond acceptors (Lipinski definition) is 2. The molecule has 0 bridgehead atoms. The first kappa shape index (κ1) is 12.0. The van der Waals surface area contributed by atoms with Gasteiger partial charge in [0, 0.05) is 19.5 Å². The highest BCUT2D eigenvalue weighted by Gasteiger charge is 2.26. The highest BCUT2D eigenvalue weighted by atomic mass is 16.2. The molecule has 1 amide bonds. The van der Waals surface area contributed by atoms with Gasteiger partial charge in [-0.05, 0) is 32.6 Å². The van der Waals surface area contributed by atoms with E-state index < -0.39 is 5.41 Å². The van der Waals surface area contributed by atoms with Gasteiger partial charge in [0.05, 0.1) is 11.5 Å². The molecular formula is C12H20N2O. The summed E-state index contributed by atoms with van der Waals surface area (Å²) in [6, 6.07) is 2.17. The molecule has 1 fully saturated rings. The minimum absolute atomic E-state index is 0.133. The van der Waals surface area contributed by atoms with E-state index in [0.717, 1.165) is 31.8 Å². The van der Waals surface area contributed by atoms with Gasteiger partial charge >= 0.3 is 0 Å². The Bertz CT molecular complexity index is 270. The van der Waals surface area contributed by atoms with Gasteiger partial charge in [-0.2, -0.15) is 5.26 Å². The fourth-order valence-corrected chi connectivity index (χ4v) is 1.79. The molecule has 1 aliphatic heterocycles. The highest BCUT2D eigenvalue weighted by molar-refractivity contribution is 5.77. The van der Waals surface area contributed by atoms with Crippen molar-refractivity contribution in [2.45, 2.75) is 40.0 Å². The zero-order valence-corrected chi connectivity index (χ0v) is 9.92. The SMILES string of the molecule is CC1CCN(C(=O)CC(C)(C)C#N)CC1. The normalized spacial score (nSPS) is 18.7. The van der Waals surface area contributed by atoms with Gasteiger partial charge in [0.15, 0.2) is 0 Å². The second kappa shape index (κ2) is 4.65. The number of carbonyl (C=O) groups is 1. The molecule has 0 unspecified atom stereocenters. The summed E-state index contributed by atoms with van der Waals surface area (Å²) in [5.41, 5.74) is -0.528. The molecule has 1 saturated heterocycles. The van der Waals surface area contributed by atoms with Gasteiger partial charge in [0.2, 0.25) is 5.91 Å². The second-order valence-corrected chi connectivity index (χ2v) is 5.24. The zero-order valence-electron chi connectivity index (χ0n) is 9.92. The van der Waals surface area contributed by atoms with Crippen molar-refractivity contribution in [2.24, 2.45) is 11.3 Å². The summed E-state index contributed by atoms with van der Waals surface area (Å²) >= 11 is 0. The number of nitriles is 1. The molecule has 0 atom stereocenters. The van der Waals surface area contributed by atoms with Crippen LogP contribution in [0, 0.1) is 22.7 Å². The van der Waals surface area contributed by atoms with Gasteiger partial charge in [-0.1, -0.05) is 6.92 Å². The van der Waals surface area contributed by atoms with Gasteiger partial charge in [-0.3, -0.25) is 4.79 Å². The number of likely N-dealkylation sites (tertiary alicyclic amines) is 1. The minimum Gasteiger partial charge on any atom is -0.343 e. The lowest BCUT2D eigenvalue weighted by atomic mass is 9.90. The monoisotopic (exact) mass is 208 g/mol. The molecular weight excluding hydrogens is 188 g/mol. The molecule has 1 aliphatic rings. The van der Waals surface area contributed by atoms with Gasteiger partial charge in [0.25, 0.3) is 0 Å². The Morgan fingerprint density at radius 2 is 2.00 bits per heavy atom. The average molecular weight is 208 g/mol. The van der Waals surface area contributed by atoms with E-state index >= 15 is 0 Å². The van der Waals surface area contributed by atoms with Gasteiger partial charge < -0.3 is 4.90 Å². The van der Waals surface area contributed by atoms with Crippen molar-refractivity contribution in [3.63, 3.8) is 0 Å². The van der Waals surface area contributed by atoms with E-state index in [-0.39, 0.29) is 5.91 Å². The van der Waals surface area contributed by atoms with Crippen LogP contribution in [0.4, 0.5) is 0 Å². The molecule has 1 heterocycles. The maximum Gasteiger partial charge on any atom is 0.224 e. The molecule has 0 saturated carbocycles. The van der Waals surface area contributed by atoms with E-state index in [1.165, 1.54) is 0 Å². The van der Waals surface area contributed by atoms with Crippen LogP contribution in [0.25, 0.3) is 0 Å². The number of piperidine rings is 1. The number of nitrogens with zero attached hydrogens (tertiary/aromatic N) is 2. The molecule has 84 valence electrons. The van der Waals surface area contributed by atoms with Crippen molar-refractivity contribution in [3.8, 4) is 6.07 Å². The maximum absolute atomic E-state index is 11.9. The summed E-state index contributed by atoms with van der Waals surface area (Å²) in [6.45, 7) is 7.58. The third-order valence-corrected chi connectivity index (χ3v) is 3.03. The molecule has 0 aliphatic carbocycles. The molecule has 3 nitrogen and oxygen atoms in total. The van der Waals surface area contributed by atoms with Crippen LogP contribution in [0.3, 0.4) is 0 Å². The second-order valence-electron chi connectivity index (χ2n) is 5.24. The standard InChI is InChI=1S/C12H20N2O/c1-10-4-6-14(7-5-10)11(15)8-12(2,3)9-13/h10H,4-8H2,1-3H3. The lowest BCUT2D eigenvalue weighted by Gasteiger charge is -2.31. The van der Waals surface area contributed by atoms with Crippen molar-refractivity contribution in [2.75, 3.05) is 13.1 Å². The highest BCUT2D eigenvalue weighted by Crippen LogP contribution is 2.22. The summed E-state index contributed by atoms with van der Waals surface area (Å²) in [5, 5.41) is 8.86. The topological polar surface area (TPSA) is 44.1 Å². The third kappa shape index (κ3) is 3.54. The van der Waals surface area contributed by atoms with E-state index in [1.807, 2.05) is 18.7 Å². The van der Waals surface area contributed by atoms with Crippen molar-refractivity contribution in [1.29, 1.82) is 5.26 Å². The van der Waals surface area contributed by atoms with E-state index in [4.69, 9.17) is 5.26 Å². The van der Waals surface area contributed by atoms with E-state index in [2.05, 4.69) is 13.0 Å². The predicted octanol–water partition coefficient (Wildman–Crippen LogP) is 2.18. The van der Waals surface area contributed by atoms with Gasteiger partial charge in [-0.15, -0.1) is 0 Å². The quantitative estimate of drug-likeness (QED) is 0.698. The first-order chi connectivity index (χ1) is 6.94. The van der Waals surface area contributed by atoms with Crippen LogP contribution in [0.2, 0.25) is 0 Å². The molecule has 15 heavy (non-hydrogen) atoms. The number of amides is 1. The van der Waals surface area contributed by atoms with Crippen molar-refractivity contribution in [1.82, 2.24) is 4.90 Å². The molecule has 0 radical (unpaired) electrons. The van der Waals surface area contributed by atoms with Crippen LogP contribution in [0.1, 0.15) is 40.0 Å². The molecule has 0 aromatic rings. The molecule has 1 rings (SSSR count). The maximum atomic E-state index is 11.9. The fourth-order valence-electron chi connectivity index (χ4n) is 1.79. The molecule has 0 aromatic carbocycles. The molecule has 3 heteroatoms. The average Bonchev–Trinajstić information content (AvgIpc) is 2.18. The van der Waals surface area contributed by atoms with Crippen molar-refractivity contribution < 1.29 is 4.79 Å². The van der Waals surface area contributed by atoms with Crippen LogP contribution in [0.15, 0.2) is 0 Å². The Hall–Kier alpha value is -1.04. The van der Waals surface area contributed by atoms with Crippen LogP contribution in [0.5, 0.6) is 0 Å². The smallest absolute Gasteiger partial charge is 0.224 e. The van der Waals surface area contributed by atoms with Gasteiger partial charge in [0.1, 0.15) is 0 Å². The summed E-state index contributed by atoms with van der Waals surface area (Å²) in [5.74, 6) is 0.867. The lowest BCUT2D eigenvalue weighted by Crippen LogP contribution is -2.39. The fraction of sp³-hybridized carbons (Fsp3) is 0.833. The van der Waals surface area contributed by atoms with Crippen molar-refractivity contribution >= 4 is 5.91 Å². The molecule has 0 aromatic heterocycles. The van der Waals surface area contributed by atoms with Crippen LogP contribution >= 0.6 is 0 Å². The van der Waals surface area contributed by atoms with Crippen LogP contribution < -0.4 is 0 Å². The van der Waals surface area contributed by atoms with Crippen LogP contribution in [-0.4, -0.2) is 23.9 Å². The zero-order chi connectivity index (χ0) is 11.5. The molecule has 0 N–H and O–H groups in total. The number of hydrogen-bond donors (Lipinski definition) is 0. The first-order valence-corrected chi connectivity index (χ1v) is 5.63. The lowest BCUT2D eigenvalue weighted by molar-refractivity contribution is -0.133.